The second-order valence-electron chi connectivity index (χ2n) is 5.46. The minimum absolute atomic E-state index is 0.202. The highest BCUT2D eigenvalue weighted by molar-refractivity contribution is 7.15. The van der Waals surface area contributed by atoms with E-state index in [2.05, 4.69) is 22.1 Å². The van der Waals surface area contributed by atoms with Gasteiger partial charge in [-0.1, -0.05) is 29.9 Å². The van der Waals surface area contributed by atoms with E-state index in [1.807, 2.05) is 0 Å². The van der Waals surface area contributed by atoms with Crippen LogP contribution in [0.4, 0.5) is 9.52 Å². The lowest BCUT2D eigenvalue weighted by Crippen LogP contribution is -2.29. The first-order valence-corrected chi connectivity index (χ1v) is 7.80. The maximum absolute atomic E-state index is 12.9. The molecule has 5 heteroatoms. The third-order valence-corrected chi connectivity index (χ3v) is 4.85. The maximum Gasteiger partial charge on any atom is 0.208 e. The molecule has 0 saturated heterocycles. The fourth-order valence-corrected chi connectivity index (χ4v) is 3.23. The summed E-state index contributed by atoms with van der Waals surface area (Å²) in [5.74, 6) is 0.622. The summed E-state index contributed by atoms with van der Waals surface area (Å²) in [7, 11) is 2.08. The van der Waals surface area contributed by atoms with E-state index in [4.69, 9.17) is 0 Å². The Balaban J connectivity index is 1.62. The van der Waals surface area contributed by atoms with Crippen LogP contribution in [-0.4, -0.2) is 23.8 Å². The zero-order valence-corrected chi connectivity index (χ0v) is 12.4. The van der Waals surface area contributed by atoms with Gasteiger partial charge in [0.25, 0.3) is 0 Å². The molecule has 1 aliphatic rings. The first-order valence-electron chi connectivity index (χ1n) is 6.98. The summed E-state index contributed by atoms with van der Waals surface area (Å²) in [5, 5.41) is 10.5. The molecule has 1 aliphatic carbocycles. The second kappa shape index (κ2) is 5.87. The molecule has 0 atom stereocenters. The molecule has 106 valence electrons. The topological polar surface area (TPSA) is 29.0 Å². The number of nitrogens with zero attached hydrogens (tertiary/aromatic N) is 3. The summed E-state index contributed by atoms with van der Waals surface area (Å²) in [6.45, 7) is 1.07. The summed E-state index contributed by atoms with van der Waals surface area (Å²) >= 11 is 1.63. The highest BCUT2D eigenvalue weighted by Gasteiger charge is 2.20. The second-order valence-corrected chi connectivity index (χ2v) is 6.50. The van der Waals surface area contributed by atoms with Crippen molar-refractivity contribution in [2.45, 2.75) is 25.7 Å². The van der Waals surface area contributed by atoms with Crippen LogP contribution in [-0.2, 0) is 6.42 Å². The van der Waals surface area contributed by atoms with Gasteiger partial charge in [-0.3, -0.25) is 0 Å². The summed E-state index contributed by atoms with van der Waals surface area (Å²) in [6, 6.07) is 6.57. The number of hydrogen-bond acceptors (Lipinski definition) is 4. The van der Waals surface area contributed by atoms with Gasteiger partial charge >= 0.3 is 0 Å². The van der Waals surface area contributed by atoms with E-state index in [0.717, 1.165) is 34.6 Å². The molecule has 3 nitrogen and oxygen atoms in total. The highest BCUT2D eigenvalue weighted by atomic mass is 32.1. The van der Waals surface area contributed by atoms with Crippen LogP contribution in [0.5, 0.6) is 0 Å². The minimum atomic E-state index is -0.202. The Hall–Kier alpha value is -1.49. The van der Waals surface area contributed by atoms with Crippen LogP contribution in [0.1, 0.15) is 29.8 Å². The van der Waals surface area contributed by atoms with Gasteiger partial charge in [-0.25, -0.2) is 4.39 Å². The predicted molar refractivity (Wildman–Crippen MR) is 79.7 cm³/mol. The number of rotatable bonds is 5. The lowest BCUT2D eigenvalue weighted by molar-refractivity contribution is 0.321. The molecule has 1 fully saturated rings. The normalized spacial score (nSPS) is 15.1. The van der Waals surface area contributed by atoms with Crippen molar-refractivity contribution >= 4 is 16.5 Å². The van der Waals surface area contributed by atoms with Gasteiger partial charge in [0.2, 0.25) is 5.13 Å². The Morgan fingerprint density at radius 1 is 1.25 bits per heavy atom. The highest BCUT2D eigenvalue weighted by Crippen LogP contribution is 2.29. The van der Waals surface area contributed by atoms with Crippen molar-refractivity contribution in [1.82, 2.24) is 10.2 Å². The fraction of sp³-hybridized carbons (Fsp3) is 0.467. The van der Waals surface area contributed by atoms with Crippen LogP contribution < -0.4 is 4.90 Å². The van der Waals surface area contributed by atoms with E-state index in [9.17, 15) is 4.39 Å². The van der Waals surface area contributed by atoms with Crippen molar-refractivity contribution in [3.8, 4) is 0 Å². The molecule has 2 aromatic rings. The van der Waals surface area contributed by atoms with E-state index in [-0.39, 0.29) is 5.82 Å². The first kappa shape index (κ1) is 13.5. The standard InChI is InChI=1S/C15H18FN3S/c1-19(10-12-3-2-4-12)15-18-17-14(20-15)9-11-5-7-13(16)8-6-11/h5-8,12H,2-4,9-10H2,1H3. The average molecular weight is 291 g/mol. The van der Waals surface area contributed by atoms with Crippen molar-refractivity contribution in [3.05, 3.63) is 40.7 Å². The molecule has 3 rings (SSSR count). The van der Waals surface area contributed by atoms with Gasteiger partial charge in [0.1, 0.15) is 10.8 Å². The third-order valence-electron chi connectivity index (χ3n) is 3.81. The van der Waals surface area contributed by atoms with Gasteiger partial charge in [-0.15, -0.1) is 10.2 Å². The molecule has 1 aromatic heterocycles. The summed E-state index contributed by atoms with van der Waals surface area (Å²) in [5.41, 5.74) is 1.07. The van der Waals surface area contributed by atoms with Crippen LogP contribution in [0.25, 0.3) is 0 Å². The predicted octanol–water partition coefficient (Wildman–Crippen LogP) is 3.50. The van der Waals surface area contributed by atoms with Crippen molar-refractivity contribution in [2.24, 2.45) is 5.92 Å². The Bertz CT molecular complexity index is 563. The van der Waals surface area contributed by atoms with Gasteiger partial charge in [-0.05, 0) is 36.5 Å². The van der Waals surface area contributed by atoms with Crippen molar-refractivity contribution < 1.29 is 4.39 Å². The summed E-state index contributed by atoms with van der Waals surface area (Å²) < 4.78 is 12.9. The van der Waals surface area contributed by atoms with Gasteiger partial charge in [0.05, 0.1) is 0 Å². The average Bonchev–Trinajstić information content (AvgIpc) is 2.85. The molecule has 0 radical (unpaired) electrons. The molecule has 1 saturated carbocycles. The van der Waals surface area contributed by atoms with Crippen LogP contribution in [0, 0.1) is 11.7 Å². The molecule has 0 aliphatic heterocycles. The summed E-state index contributed by atoms with van der Waals surface area (Å²) in [6.07, 6.45) is 4.76. The largest absolute Gasteiger partial charge is 0.349 e. The smallest absolute Gasteiger partial charge is 0.208 e. The number of benzene rings is 1. The lowest BCUT2D eigenvalue weighted by atomic mass is 9.85. The summed E-state index contributed by atoms with van der Waals surface area (Å²) in [4.78, 5) is 2.20. The van der Waals surface area contributed by atoms with Gasteiger partial charge in [0, 0.05) is 20.0 Å². The number of anilines is 1. The number of halogens is 1. The van der Waals surface area contributed by atoms with E-state index >= 15 is 0 Å². The van der Waals surface area contributed by atoms with E-state index < -0.39 is 0 Å². The Labute approximate surface area is 122 Å². The maximum atomic E-state index is 12.9. The molecule has 1 aromatic carbocycles. The van der Waals surface area contributed by atoms with Gasteiger partial charge in [-0.2, -0.15) is 0 Å². The van der Waals surface area contributed by atoms with Gasteiger partial charge < -0.3 is 4.90 Å². The van der Waals surface area contributed by atoms with E-state index in [1.54, 1.807) is 23.5 Å². The van der Waals surface area contributed by atoms with Crippen LogP contribution in [0.15, 0.2) is 24.3 Å². The Kier molecular flexibility index (Phi) is 3.96. The third kappa shape index (κ3) is 3.15. The number of aromatic nitrogens is 2. The van der Waals surface area contributed by atoms with Crippen molar-refractivity contribution in [1.29, 1.82) is 0 Å². The Morgan fingerprint density at radius 2 is 2.00 bits per heavy atom. The van der Waals surface area contributed by atoms with Crippen molar-refractivity contribution in [2.75, 3.05) is 18.5 Å². The molecular weight excluding hydrogens is 273 g/mol. The van der Waals surface area contributed by atoms with Crippen molar-refractivity contribution in [3.63, 3.8) is 0 Å². The molecule has 0 bridgehead atoms. The molecule has 0 amide bonds. The Morgan fingerprint density at radius 3 is 2.65 bits per heavy atom. The van der Waals surface area contributed by atoms with Crippen LogP contribution in [0.2, 0.25) is 0 Å². The van der Waals surface area contributed by atoms with Gasteiger partial charge in [0.15, 0.2) is 0 Å². The van der Waals surface area contributed by atoms with Crippen LogP contribution >= 0.6 is 11.3 Å². The lowest BCUT2D eigenvalue weighted by Gasteiger charge is -2.29. The number of hydrogen-bond donors (Lipinski definition) is 0. The molecule has 0 spiro atoms. The zero-order chi connectivity index (χ0) is 13.9. The first-order chi connectivity index (χ1) is 9.70. The minimum Gasteiger partial charge on any atom is -0.349 e. The molecule has 0 unspecified atom stereocenters. The molecular formula is C15H18FN3S. The SMILES string of the molecule is CN(CC1CCC1)c1nnc(Cc2ccc(F)cc2)s1. The molecule has 20 heavy (non-hydrogen) atoms. The molecule has 0 N–H and O–H groups in total. The van der Waals surface area contributed by atoms with Crippen LogP contribution in [0.3, 0.4) is 0 Å². The van der Waals surface area contributed by atoms with E-state index in [1.165, 1.54) is 31.4 Å². The quantitative estimate of drug-likeness (QED) is 0.844. The van der Waals surface area contributed by atoms with E-state index in [0.29, 0.717) is 0 Å². The fourth-order valence-electron chi connectivity index (χ4n) is 2.39. The molecule has 1 heterocycles. The zero-order valence-electron chi connectivity index (χ0n) is 11.6. The monoisotopic (exact) mass is 291 g/mol.